The molecule has 2 aromatic heterocycles. The summed E-state index contributed by atoms with van der Waals surface area (Å²) in [5.41, 5.74) is 4.86. The van der Waals surface area contributed by atoms with E-state index in [4.69, 9.17) is 9.47 Å². The van der Waals surface area contributed by atoms with Gasteiger partial charge in [0.1, 0.15) is 6.61 Å². The van der Waals surface area contributed by atoms with Crippen molar-refractivity contribution in [2.75, 3.05) is 19.8 Å². The van der Waals surface area contributed by atoms with Gasteiger partial charge in [0.15, 0.2) is 11.5 Å². The number of amides is 1. The van der Waals surface area contributed by atoms with Crippen LogP contribution in [0.25, 0.3) is 11.1 Å². The zero-order chi connectivity index (χ0) is 27.1. The topological polar surface area (TPSA) is 51.7 Å². The van der Waals surface area contributed by atoms with E-state index >= 15 is 0 Å². The molecule has 3 aromatic carbocycles. The quantitative estimate of drug-likeness (QED) is 0.211. The molecule has 0 atom stereocenters. The molecule has 0 spiro atoms. The standard InChI is InChI=1S/C34H30N2O3S/c37-34(32(25-9-3-1-4-10-25)26-11-5-2-6-12-26)36-17-19-39-33-29(24-36)21-28(27-13-7-16-35-23-27)22-31(33)38-18-15-30-14-8-20-40-30/h1-14,16,20-23,32H,15,17-19,24H2. The molecule has 1 aliphatic rings. The average molecular weight is 547 g/mol. The van der Waals surface area contributed by atoms with Crippen molar-refractivity contribution in [2.45, 2.75) is 18.9 Å². The second-order valence-corrected chi connectivity index (χ2v) is 10.8. The van der Waals surface area contributed by atoms with Crippen molar-refractivity contribution in [2.24, 2.45) is 0 Å². The molecule has 0 saturated heterocycles. The third-order valence-electron chi connectivity index (χ3n) is 7.11. The Labute approximate surface area is 238 Å². The molecule has 3 heterocycles. The lowest BCUT2D eigenvalue weighted by Gasteiger charge is -2.26. The Morgan fingerprint density at radius 1 is 0.925 bits per heavy atom. The molecule has 5 nitrogen and oxygen atoms in total. The minimum atomic E-state index is -0.396. The first-order chi connectivity index (χ1) is 19.8. The van der Waals surface area contributed by atoms with Crippen molar-refractivity contribution >= 4 is 17.2 Å². The summed E-state index contributed by atoms with van der Waals surface area (Å²) < 4.78 is 12.6. The molecular formula is C34H30N2O3S. The number of nitrogens with zero attached hydrogens (tertiary/aromatic N) is 2. The van der Waals surface area contributed by atoms with Gasteiger partial charge in [-0.05, 0) is 46.3 Å². The minimum absolute atomic E-state index is 0.0563. The molecule has 0 saturated carbocycles. The summed E-state index contributed by atoms with van der Waals surface area (Å²) in [6, 6.07) is 32.3. The van der Waals surface area contributed by atoms with Gasteiger partial charge in [0, 0.05) is 41.4 Å². The second kappa shape index (κ2) is 12.2. The normalized spacial score (nSPS) is 12.9. The predicted molar refractivity (Wildman–Crippen MR) is 159 cm³/mol. The van der Waals surface area contributed by atoms with Crippen LogP contribution in [0, 0.1) is 0 Å². The van der Waals surface area contributed by atoms with Gasteiger partial charge in [0.05, 0.1) is 19.1 Å². The fourth-order valence-corrected chi connectivity index (χ4v) is 5.84. The number of benzene rings is 3. The molecular weight excluding hydrogens is 516 g/mol. The third kappa shape index (κ3) is 5.77. The molecule has 6 rings (SSSR count). The monoisotopic (exact) mass is 546 g/mol. The van der Waals surface area contributed by atoms with Gasteiger partial charge in [-0.25, -0.2) is 0 Å². The third-order valence-corrected chi connectivity index (χ3v) is 8.04. The average Bonchev–Trinajstić information content (AvgIpc) is 3.43. The summed E-state index contributed by atoms with van der Waals surface area (Å²) in [4.78, 5) is 21.7. The van der Waals surface area contributed by atoms with Gasteiger partial charge in [-0.1, -0.05) is 72.8 Å². The van der Waals surface area contributed by atoms with E-state index < -0.39 is 5.92 Å². The molecule has 0 radical (unpaired) electrons. The Hall–Kier alpha value is -4.42. The number of pyridine rings is 1. The molecule has 5 aromatic rings. The second-order valence-electron chi connectivity index (χ2n) is 9.74. The van der Waals surface area contributed by atoms with Crippen LogP contribution in [0.15, 0.2) is 115 Å². The Balaban J connectivity index is 1.34. The highest BCUT2D eigenvalue weighted by Gasteiger charge is 2.30. The Kier molecular flexibility index (Phi) is 7.87. The van der Waals surface area contributed by atoms with Crippen molar-refractivity contribution in [3.8, 4) is 22.6 Å². The lowest BCUT2D eigenvalue weighted by molar-refractivity contribution is -0.132. The number of hydrogen-bond donors (Lipinski definition) is 0. The summed E-state index contributed by atoms with van der Waals surface area (Å²) in [5.74, 6) is 1.07. The van der Waals surface area contributed by atoms with Crippen LogP contribution in [0.1, 0.15) is 27.5 Å². The van der Waals surface area contributed by atoms with Crippen molar-refractivity contribution in [3.05, 3.63) is 136 Å². The van der Waals surface area contributed by atoms with E-state index in [1.165, 1.54) is 4.88 Å². The Bertz CT molecular complexity index is 1500. The molecule has 1 amide bonds. The fourth-order valence-electron chi connectivity index (χ4n) is 5.15. The molecule has 40 heavy (non-hydrogen) atoms. The van der Waals surface area contributed by atoms with E-state index in [-0.39, 0.29) is 5.91 Å². The first-order valence-corrected chi connectivity index (χ1v) is 14.4. The summed E-state index contributed by atoms with van der Waals surface area (Å²) in [7, 11) is 0. The van der Waals surface area contributed by atoms with E-state index in [1.54, 1.807) is 17.5 Å². The SMILES string of the molecule is O=C(C(c1ccccc1)c1ccccc1)N1CCOc2c(cc(-c3cccnc3)cc2OCCc2cccs2)C1. The van der Waals surface area contributed by atoms with Gasteiger partial charge in [-0.15, -0.1) is 11.3 Å². The maximum Gasteiger partial charge on any atom is 0.234 e. The predicted octanol–water partition coefficient (Wildman–Crippen LogP) is 6.98. The maximum atomic E-state index is 14.2. The van der Waals surface area contributed by atoms with Gasteiger partial charge in [0.25, 0.3) is 0 Å². The molecule has 0 bridgehead atoms. The lowest BCUT2D eigenvalue weighted by Crippen LogP contribution is -2.36. The van der Waals surface area contributed by atoms with E-state index in [9.17, 15) is 4.79 Å². The summed E-state index contributed by atoms with van der Waals surface area (Å²) in [6.45, 7) is 1.85. The molecule has 0 N–H and O–H groups in total. The van der Waals surface area contributed by atoms with Crippen LogP contribution in [0.3, 0.4) is 0 Å². The maximum absolute atomic E-state index is 14.2. The van der Waals surface area contributed by atoms with Gasteiger partial charge < -0.3 is 14.4 Å². The lowest BCUT2D eigenvalue weighted by atomic mass is 9.90. The number of rotatable bonds is 8. The molecule has 1 aliphatic heterocycles. The van der Waals surface area contributed by atoms with Crippen LogP contribution in [-0.2, 0) is 17.8 Å². The number of aromatic nitrogens is 1. The van der Waals surface area contributed by atoms with Crippen LogP contribution in [0.4, 0.5) is 0 Å². The smallest absolute Gasteiger partial charge is 0.234 e. The number of carbonyl (C=O) groups excluding carboxylic acids is 1. The van der Waals surface area contributed by atoms with Gasteiger partial charge in [-0.2, -0.15) is 0 Å². The summed E-state index contributed by atoms with van der Waals surface area (Å²) in [6.07, 6.45) is 4.44. The summed E-state index contributed by atoms with van der Waals surface area (Å²) in [5, 5.41) is 2.08. The number of thiophene rings is 1. The largest absolute Gasteiger partial charge is 0.489 e. The van der Waals surface area contributed by atoms with Gasteiger partial charge in [0.2, 0.25) is 5.91 Å². The highest BCUT2D eigenvalue weighted by molar-refractivity contribution is 7.09. The van der Waals surface area contributed by atoms with Crippen LogP contribution >= 0.6 is 11.3 Å². The summed E-state index contributed by atoms with van der Waals surface area (Å²) >= 11 is 1.73. The van der Waals surface area contributed by atoms with E-state index in [0.717, 1.165) is 34.2 Å². The molecule has 0 fully saturated rings. The highest BCUT2D eigenvalue weighted by atomic mass is 32.1. The highest BCUT2D eigenvalue weighted by Crippen LogP contribution is 2.39. The molecule has 0 unspecified atom stereocenters. The molecule has 6 heteroatoms. The van der Waals surface area contributed by atoms with Crippen LogP contribution in [-0.4, -0.2) is 35.5 Å². The van der Waals surface area contributed by atoms with Crippen molar-refractivity contribution in [3.63, 3.8) is 0 Å². The number of ether oxygens (including phenoxy) is 2. The number of fused-ring (bicyclic) bond motifs is 1. The number of carbonyl (C=O) groups is 1. The molecule has 200 valence electrons. The Morgan fingerprint density at radius 3 is 2.38 bits per heavy atom. The zero-order valence-corrected chi connectivity index (χ0v) is 22.9. The van der Waals surface area contributed by atoms with Crippen LogP contribution in [0.5, 0.6) is 11.5 Å². The van der Waals surface area contributed by atoms with Crippen LogP contribution in [0.2, 0.25) is 0 Å². The van der Waals surface area contributed by atoms with E-state index in [0.29, 0.717) is 37.8 Å². The van der Waals surface area contributed by atoms with E-state index in [1.807, 2.05) is 90.0 Å². The van der Waals surface area contributed by atoms with Crippen molar-refractivity contribution in [1.82, 2.24) is 9.88 Å². The van der Waals surface area contributed by atoms with Crippen molar-refractivity contribution in [1.29, 1.82) is 0 Å². The van der Waals surface area contributed by atoms with Gasteiger partial charge in [-0.3, -0.25) is 9.78 Å². The zero-order valence-electron chi connectivity index (χ0n) is 22.1. The first kappa shape index (κ1) is 25.8. The number of hydrogen-bond acceptors (Lipinski definition) is 5. The van der Waals surface area contributed by atoms with E-state index in [2.05, 4.69) is 28.6 Å². The minimum Gasteiger partial charge on any atom is -0.489 e. The van der Waals surface area contributed by atoms with Crippen LogP contribution < -0.4 is 9.47 Å². The molecule has 0 aliphatic carbocycles. The Morgan fingerprint density at radius 2 is 1.70 bits per heavy atom. The first-order valence-electron chi connectivity index (χ1n) is 13.5. The van der Waals surface area contributed by atoms with Crippen molar-refractivity contribution < 1.29 is 14.3 Å². The fraction of sp³-hybridized carbons (Fsp3) is 0.176. The van der Waals surface area contributed by atoms with Gasteiger partial charge >= 0.3 is 0 Å².